The van der Waals surface area contributed by atoms with Gasteiger partial charge in [0.15, 0.2) is 0 Å². The first kappa shape index (κ1) is 39.2. The van der Waals surface area contributed by atoms with Crippen molar-refractivity contribution in [1.82, 2.24) is 20.0 Å². The maximum Gasteiger partial charge on any atom is 0.262 e. The Morgan fingerprint density at radius 2 is 1.60 bits per heavy atom. The van der Waals surface area contributed by atoms with Crippen LogP contribution in [0.4, 0.5) is 5.69 Å². The molecule has 12 nitrogen and oxygen atoms in total. The highest BCUT2D eigenvalue weighted by Gasteiger charge is 2.45. The van der Waals surface area contributed by atoms with Gasteiger partial charge >= 0.3 is 0 Å². The van der Waals surface area contributed by atoms with Gasteiger partial charge in [0.05, 0.1) is 28.3 Å². The van der Waals surface area contributed by atoms with Crippen LogP contribution < -0.4 is 15.0 Å². The lowest BCUT2D eigenvalue weighted by Crippen LogP contribution is -2.54. The first-order valence-corrected chi connectivity index (χ1v) is 20.6. The van der Waals surface area contributed by atoms with Gasteiger partial charge in [-0.05, 0) is 119 Å². The molecule has 13 heteroatoms. The van der Waals surface area contributed by atoms with Crippen LogP contribution in [0.2, 0.25) is 5.02 Å². The van der Waals surface area contributed by atoms with Crippen LogP contribution in [-0.2, 0) is 9.59 Å². The second-order valence-electron chi connectivity index (χ2n) is 15.9. The number of fused-ring (bicyclic) bond motifs is 1. The van der Waals surface area contributed by atoms with Crippen molar-refractivity contribution in [1.29, 1.82) is 5.26 Å². The number of nitriles is 1. The molecule has 5 aliphatic rings. The summed E-state index contributed by atoms with van der Waals surface area (Å²) in [5.74, 6) is 6.34. The predicted molar refractivity (Wildman–Crippen MR) is 216 cm³/mol. The molecular weight excluding hydrogens is 756 g/mol. The first-order chi connectivity index (χ1) is 28.1. The Bertz CT molecular complexity index is 2230. The average Bonchev–Trinajstić information content (AvgIpc) is 3.48. The molecule has 2 atom stereocenters. The number of anilines is 1. The van der Waals surface area contributed by atoms with Gasteiger partial charge in [0.2, 0.25) is 11.8 Å². The number of imide groups is 2. The van der Waals surface area contributed by atoms with Crippen molar-refractivity contribution in [3.05, 3.63) is 93.5 Å². The fourth-order valence-corrected chi connectivity index (χ4v) is 9.00. The summed E-state index contributed by atoms with van der Waals surface area (Å²) in [6.07, 6.45) is 5.86. The molecule has 2 unspecified atom stereocenters. The Morgan fingerprint density at radius 3 is 2.33 bits per heavy atom. The number of carbonyl (C=O) groups is 5. The summed E-state index contributed by atoms with van der Waals surface area (Å²) in [6, 6.07) is 19.0. The van der Waals surface area contributed by atoms with Crippen LogP contribution in [0.15, 0.2) is 60.7 Å². The molecule has 0 aliphatic carbocycles. The lowest BCUT2D eigenvalue weighted by Gasteiger charge is -2.38. The van der Waals surface area contributed by atoms with Crippen LogP contribution in [-0.4, -0.2) is 102 Å². The Hall–Kier alpha value is -5.69. The van der Waals surface area contributed by atoms with Crippen LogP contribution in [0.1, 0.15) is 93.6 Å². The lowest BCUT2D eigenvalue weighted by atomic mass is 9.92. The van der Waals surface area contributed by atoms with E-state index in [4.69, 9.17) is 21.6 Å². The van der Waals surface area contributed by atoms with Gasteiger partial charge in [-0.2, -0.15) is 5.26 Å². The highest BCUT2D eigenvalue weighted by Crippen LogP contribution is 2.33. The molecule has 5 aliphatic heterocycles. The third-order valence-corrected chi connectivity index (χ3v) is 12.4. The molecule has 298 valence electrons. The molecule has 4 saturated heterocycles. The second kappa shape index (κ2) is 17.0. The van der Waals surface area contributed by atoms with Crippen molar-refractivity contribution in [3.63, 3.8) is 0 Å². The van der Waals surface area contributed by atoms with Crippen molar-refractivity contribution in [3.8, 4) is 23.7 Å². The summed E-state index contributed by atoms with van der Waals surface area (Å²) in [4.78, 5) is 71.5. The van der Waals surface area contributed by atoms with E-state index >= 15 is 0 Å². The fourth-order valence-electron chi connectivity index (χ4n) is 8.79. The van der Waals surface area contributed by atoms with Gasteiger partial charge in [0, 0.05) is 61.4 Å². The minimum absolute atomic E-state index is 0.0267. The molecule has 0 radical (unpaired) electrons. The van der Waals surface area contributed by atoms with E-state index in [2.05, 4.69) is 33.0 Å². The summed E-state index contributed by atoms with van der Waals surface area (Å²) in [6.45, 7) is 5.94. The van der Waals surface area contributed by atoms with E-state index in [1.54, 1.807) is 30.3 Å². The second-order valence-corrected chi connectivity index (χ2v) is 16.3. The number of amides is 5. The number of halogens is 1. The Morgan fingerprint density at radius 1 is 0.845 bits per heavy atom. The zero-order valence-corrected chi connectivity index (χ0v) is 33.0. The van der Waals surface area contributed by atoms with Gasteiger partial charge in [-0.1, -0.05) is 23.4 Å². The molecule has 5 heterocycles. The standard InChI is InChI=1S/C45H45ClN6O6/c46-39-25-35(11-9-33(39)26-47)58-36-2-1-19-51(28-36)43(55)32-7-5-29(6-8-32)3-4-30-15-20-49(21-16-30)27-31-17-22-50(23-18-31)34-10-12-37-38(24-34)45(57)52(44(37)56)40-13-14-41(53)48-42(40)54/h5-12,24-25,30-31,36,40H,1-2,13-23,27-28H2,(H,48,53,54). The van der Waals surface area contributed by atoms with Crippen molar-refractivity contribution in [2.24, 2.45) is 11.8 Å². The quantitative estimate of drug-likeness (QED) is 0.250. The molecule has 0 spiro atoms. The highest BCUT2D eigenvalue weighted by molar-refractivity contribution is 6.31. The average molecular weight is 801 g/mol. The number of likely N-dealkylation sites (tertiary alicyclic amines) is 2. The number of carbonyl (C=O) groups excluding carboxylic acids is 5. The Balaban J connectivity index is 0.769. The molecule has 58 heavy (non-hydrogen) atoms. The number of benzene rings is 3. The van der Waals surface area contributed by atoms with Crippen LogP contribution in [0, 0.1) is 35.0 Å². The number of nitrogens with zero attached hydrogens (tertiary/aromatic N) is 5. The van der Waals surface area contributed by atoms with Gasteiger partial charge in [-0.3, -0.25) is 34.2 Å². The molecule has 0 bridgehead atoms. The smallest absolute Gasteiger partial charge is 0.262 e. The van der Waals surface area contributed by atoms with Gasteiger partial charge in [-0.15, -0.1) is 0 Å². The van der Waals surface area contributed by atoms with Gasteiger partial charge in [0.25, 0.3) is 17.7 Å². The minimum atomic E-state index is -0.968. The molecule has 5 amide bonds. The normalized spacial score (nSPS) is 21.9. The first-order valence-electron chi connectivity index (χ1n) is 20.2. The zero-order chi connectivity index (χ0) is 40.3. The molecular formula is C45H45ClN6O6. The maximum atomic E-state index is 13.4. The highest BCUT2D eigenvalue weighted by atomic mass is 35.5. The number of hydrogen-bond acceptors (Lipinski definition) is 9. The molecule has 0 aromatic heterocycles. The van der Waals surface area contributed by atoms with E-state index in [1.807, 2.05) is 35.2 Å². The SMILES string of the molecule is N#Cc1ccc(OC2CCCN(C(=O)c3ccc(C#CC4CCN(CC5CCN(c6ccc7c(c6)C(=O)N(C6CCC(=O)NC6=O)C7=O)CC5)CC4)cc3)C2)cc1Cl. The Kier molecular flexibility index (Phi) is 11.5. The van der Waals surface area contributed by atoms with Crippen molar-refractivity contribution >= 4 is 46.8 Å². The molecule has 8 rings (SSSR count). The maximum absolute atomic E-state index is 13.4. The van der Waals surface area contributed by atoms with E-state index in [0.29, 0.717) is 58.0 Å². The largest absolute Gasteiger partial charge is 0.489 e. The van der Waals surface area contributed by atoms with Crippen molar-refractivity contribution in [2.75, 3.05) is 50.7 Å². The lowest BCUT2D eigenvalue weighted by molar-refractivity contribution is -0.136. The van der Waals surface area contributed by atoms with Crippen LogP contribution in [0.3, 0.4) is 0 Å². The van der Waals surface area contributed by atoms with Gasteiger partial charge in [-0.25, -0.2) is 0 Å². The number of nitrogens with one attached hydrogen (secondary N) is 1. The number of ether oxygens (including phenoxy) is 1. The third kappa shape index (κ3) is 8.45. The summed E-state index contributed by atoms with van der Waals surface area (Å²) >= 11 is 6.18. The monoisotopic (exact) mass is 800 g/mol. The van der Waals surface area contributed by atoms with E-state index in [9.17, 15) is 24.0 Å². The van der Waals surface area contributed by atoms with E-state index in [0.717, 1.165) is 87.4 Å². The molecule has 3 aromatic rings. The van der Waals surface area contributed by atoms with E-state index < -0.39 is 29.7 Å². The van der Waals surface area contributed by atoms with Crippen LogP contribution in [0.5, 0.6) is 5.75 Å². The van der Waals surface area contributed by atoms with Crippen molar-refractivity contribution in [2.45, 2.75) is 63.5 Å². The molecule has 1 N–H and O–H groups in total. The molecule has 4 fully saturated rings. The number of hydrogen-bond donors (Lipinski definition) is 1. The van der Waals surface area contributed by atoms with E-state index in [1.165, 1.54) is 0 Å². The predicted octanol–water partition coefficient (Wildman–Crippen LogP) is 5.28. The van der Waals surface area contributed by atoms with Crippen LogP contribution in [0.25, 0.3) is 0 Å². The number of rotatable bonds is 7. The summed E-state index contributed by atoms with van der Waals surface area (Å²) in [5, 5.41) is 11.7. The van der Waals surface area contributed by atoms with E-state index in [-0.39, 0.29) is 24.9 Å². The fraction of sp³-hybridized carbons (Fsp3) is 0.422. The molecule has 0 saturated carbocycles. The number of piperidine rings is 4. The topological polar surface area (TPSA) is 143 Å². The summed E-state index contributed by atoms with van der Waals surface area (Å²) in [5.41, 5.74) is 3.44. The minimum Gasteiger partial charge on any atom is -0.489 e. The van der Waals surface area contributed by atoms with Crippen LogP contribution >= 0.6 is 11.6 Å². The molecule has 3 aromatic carbocycles. The zero-order valence-electron chi connectivity index (χ0n) is 32.3. The van der Waals surface area contributed by atoms with Gasteiger partial charge < -0.3 is 19.4 Å². The summed E-state index contributed by atoms with van der Waals surface area (Å²) in [7, 11) is 0. The summed E-state index contributed by atoms with van der Waals surface area (Å²) < 4.78 is 6.12. The van der Waals surface area contributed by atoms with Crippen molar-refractivity contribution < 1.29 is 28.7 Å². The van der Waals surface area contributed by atoms with Gasteiger partial charge in [0.1, 0.15) is 24.0 Å². The Labute approximate surface area is 343 Å². The third-order valence-electron chi connectivity index (χ3n) is 12.1.